The zero-order valence-corrected chi connectivity index (χ0v) is 23.6. The van der Waals surface area contributed by atoms with E-state index in [-0.39, 0.29) is 0 Å². The van der Waals surface area contributed by atoms with Crippen LogP contribution in [0.4, 0.5) is 0 Å². The van der Waals surface area contributed by atoms with Gasteiger partial charge in [-0.3, -0.25) is 0 Å². The highest BCUT2D eigenvalue weighted by Crippen LogP contribution is 2.38. The van der Waals surface area contributed by atoms with Crippen LogP contribution in [0.3, 0.4) is 0 Å². The van der Waals surface area contributed by atoms with E-state index in [1.165, 1.54) is 95.9 Å². The van der Waals surface area contributed by atoms with Crippen molar-refractivity contribution >= 4 is 11.4 Å². The fraction of sp³-hybridized carbons (Fsp3) is 0.529. The summed E-state index contributed by atoms with van der Waals surface area (Å²) in [5.41, 5.74) is 22.4. The molecule has 0 aromatic heterocycles. The molecule has 0 atom stereocenters. The van der Waals surface area contributed by atoms with Crippen molar-refractivity contribution in [2.24, 2.45) is 0 Å². The highest BCUT2D eigenvalue weighted by molar-refractivity contribution is 5.79. The maximum atomic E-state index is 11.6. The van der Waals surface area contributed by atoms with Crippen molar-refractivity contribution < 1.29 is 4.70 Å². The van der Waals surface area contributed by atoms with Crippen LogP contribution in [-0.2, 0) is 12.8 Å². The molecule has 2 aromatic carbocycles. The highest BCUT2D eigenvalue weighted by atomic mass is 15.2. The van der Waals surface area contributed by atoms with Gasteiger partial charge in [-0.15, -0.1) is 0 Å². The molecule has 0 saturated heterocycles. The molecule has 0 radical (unpaired) electrons. The number of hydrogen-bond donors (Lipinski definition) is 0. The van der Waals surface area contributed by atoms with E-state index >= 15 is 0 Å². The van der Waals surface area contributed by atoms with E-state index in [1.807, 2.05) is 0 Å². The zero-order valence-electron chi connectivity index (χ0n) is 23.6. The molecule has 0 N–H and O–H groups in total. The van der Waals surface area contributed by atoms with Crippen molar-refractivity contribution in [2.45, 2.75) is 118 Å². The van der Waals surface area contributed by atoms with Gasteiger partial charge < -0.3 is 5.53 Å². The van der Waals surface area contributed by atoms with Gasteiger partial charge in [0.15, 0.2) is 0 Å². The summed E-state index contributed by atoms with van der Waals surface area (Å²) in [4.78, 5) is 0. The fourth-order valence-corrected chi connectivity index (χ4v) is 5.47. The topological polar surface area (TPSA) is 25.3 Å². The molecule has 1 aliphatic rings. The normalized spacial score (nSPS) is 13.6. The Labute approximate surface area is 221 Å². The van der Waals surface area contributed by atoms with E-state index in [9.17, 15) is 5.53 Å². The Balaban J connectivity index is 2.00. The lowest BCUT2D eigenvalue weighted by atomic mass is 9.95. The predicted octanol–water partition coefficient (Wildman–Crippen LogP) is 10.5. The van der Waals surface area contributed by atoms with E-state index in [4.69, 9.17) is 0 Å². The van der Waals surface area contributed by atoms with Gasteiger partial charge in [-0.05, 0) is 87.8 Å². The smallest absolute Gasteiger partial charge is 0.210 e. The molecule has 2 heteroatoms. The third kappa shape index (κ3) is 7.76. The number of benzene rings is 2. The van der Waals surface area contributed by atoms with Crippen LogP contribution in [0.25, 0.3) is 16.9 Å². The van der Waals surface area contributed by atoms with E-state index < -0.39 is 0 Å². The summed E-state index contributed by atoms with van der Waals surface area (Å²) in [5.74, 6) is 0. The molecule has 3 rings (SSSR count). The Kier molecular flexibility index (Phi) is 11.2. The molecule has 194 valence electrons. The Morgan fingerprint density at radius 3 is 1.67 bits per heavy atom. The average Bonchev–Trinajstić information content (AvgIpc) is 3.17. The highest BCUT2D eigenvalue weighted by Gasteiger charge is 2.29. The van der Waals surface area contributed by atoms with Gasteiger partial charge in [0, 0.05) is 22.8 Å². The van der Waals surface area contributed by atoms with E-state index in [2.05, 4.69) is 77.1 Å². The molecule has 0 fully saturated rings. The van der Waals surface area contributed by atoms with Crippen molar-refractivity contribution in [3.05, 3.63) is 87.0 Å². The number of aryl methyl sites for hydroxylation is 4. The van der Waals surface area contributed by atoms with Crippen LogP contribution in [0.1, 0.15) is 125 Å². The summed E-state index contributed by atoms with van der Waals surface area (Å²) in [7, 11) is 0. The monoisotopic (exact) mass is 484 g/mol. The first-order valence-corrected chi connectivity index (χ1v) is 14.6. The summed E-state index contributed by atoms with van der Waals surface area (Å²) in [6.07, 6.45) is 17.9. The molecule has 0 bridgehead atoms. The third-order valence-corrected chi connectivity index (χ3v) is 7.34. The first kappa shape index (κ1) is 28.1. The molecule has 0 spiro atoms. The minimum atomic E-state index is 0.909. The maximum Gasteiger partial charge on any atom is 0.210 e. The molecular weight excluding hydrogens is 436 g/mol. The van der Waals surface area contributed by atoms with Gasteiger partial charge in [0.05, 0.1) is 0 Å². The van der Waals surface area contributed by atoms with Crippen LogP contribution in [-0.4, -0.2) is 4.70 Å². The lowest BCUT2D eigenvalue weighted by Crippen LogP contribution is -2.04. The molecule has 1 heterocycles. The molecule has 0 unspecified atom stereocenters. The average molecular weight is 485 g/mol. The second kappa shape index (κ2) is 14.3. The van der Waals surface area contributed by atoms with Gasteiger partial charge in [0.1, 0.15) is 0 Å². The van der Waals surface area contributed by atoms with Crippen molar-refractivity contribution in [1.82, 2.24) is 0 Å². The van der Waals surface area contributed by atoms with Crippen LogP contribution in [0.5, 0.6) is 0 Å². The molecule has 1 aliphatic heterocycles. The first-order valence-electron chi connectivity index (χ1n) is 14.6. The molecular formula is C34H48N2. The number of unbranched alkanes of at least 4 members (excludes halogenated alkanes) is 7. The molecule has 0 aliphatic carbocycles. The second-order valence-corrected chi connectivity index (χ2v) is 10.9. The molecule has 0 saturated carbocycles. The molecule has 36 heavy (non-hydrogen) atoms. The van der Waals surface area contributed by atoms with Crippen molar-refractivity contribution in [3.63, 3.8) is 0 Å². The Morgan fingerprint density at radius 2 is 1.11 bits per heavy atom. The van der Waals surface area contributed by atoms with Gasteiger partial charge in [-0.1, -0.05) is 89.0 Å². The first-order chi connectivity index (χ1) is 17.5. The summed E-state index contributed by atoms with van der Waals surface area (Å²) in [5, 5.41) is 0. The summed E-state index contributed by atoms with van der Waals surface area (Å²) >= 11 is 0. The van der Waals surface area contributed by atoms with Crippen LogP contribution in [0.2, 0.25) is 0 Å². The molecule has 0 amide bonds. The van der Waals surface area contributed by atoms with E-state index in [0.29, 0.717) is 0 Å². The van der Waals surface area contributed by atoms with E-state index in [0.717, 1.165) is 42.6 Å². The molecule has 2 nitrogen and oxygen atoms in total. The van der Waals surface area contributed by atoms with Crippen LogP contribution in [0.15, 0.2) is 48.0 Å². The van der Waals surface area contributed by atoms with Crippen LogP contribution < -0.4 is 0 Å². The minimum absolute atomic E-state index is 0.909. The molecule has 2 aromatic rings. The van der Waals surface area contributed by atoms with Gasteiger partial charge in [0.25, 0.3) is 0 Å². The van der Waals surface area contributed by atoms with Gasteiger partial charge >= 0.3 is 0 Å². The second-order valence-electron chi connectivity index (χ2n) is 10.9. The van der Waals surface area contributed by atoms with Crippen molar-refractivity contribution in [3.8, 4) is 0 Å². The summed E-state index contributed by atoms with van der Waals surface area (Å²) < 4.78 is 1.49. The summed E-state index contributed by atoms with van der Waals surface area (Å²) in [6.45, 7) is 11.1. The fourth-order valence-electron chi connectivity index (χ4n) is 5.47. The van der Waals surface area contributed by atoms with Gasteiger partial charge in [-0.2, -0.15) is 0 Å². The Bertz CT molecular complexity index is 1040. The SMILES string of the molecule is CCCCCCC1=C(c2cc(CCCCC)cc(CCCCC)c2)[N+](=[N-])C(c2cc(C)cc(C)c2)=C1. The van der Waals surface area contributed by atoms with Crippen LogP contribution >= 0.6 is 0 Å². The van der Waals surface area contributed by atoms with Crippen molar-refractivity contribution in [1.29, 1.82) is 0 Å². The predicted molar refractivity (Wildman–Crippen MR) is 156 cm³/mol. The summed E-state index contributed by atoms with van der Waals surface area (Å²) in [6, 6.07) is 13.7. The van der Waals surface area contributed by atoms with Gasteiger partial charge in [-0.25, -0.2) is 4.70 Å². The lowest BCUT2D eigenvalue weighted by molar-refractivity contribution is -0.344. The number of hydrogen-bond acceptors (Lipinski definition) is 0. The van der Waals surface area contributed by atoms with Crippen molar-refractivity contribution in [2.75, 3.05) is 0 Å². The maximum absolute atomic E-state index is 11.6. The number of rotatable bonds is 15. The quantitative estimate of drug-likeness (QED) is 0.177. The largest absolute Gasteiger partial charge is 0.493 e. The lowest BCUT2D eigenvalue weighted by Gasteiger charge is -2.14. The Morgan fingerprint density at radius 1 is 0.583 bits per heavy atom. The Hall–Kier alpha value is -2.48. The van der Waals surface area contributed by atoms with Gasteiger partial charge in [0.2, 0.25) is 11.4 Å². The minimum Gasteiger partial charge on any atom is -0.493 e. The van der Waals surface area contributed by atoms with Crippen LogP contribution in [0, 0.1) is 13.8 Å². The zero-order chi connectivity index (χ0) is 25.9. The van der Waals surface area contributed by atoms with E-state index in [1.54, 1.807) is 0 Å². The third-order valence-electron chi connectivity index (χ3n) is 7.34. The number of nitrogens with zero attached hydrogens (tertiary/aromatic N) is 2. The number of allylic oxidation sites excluding steroid dienone is 2. The standard InChI is InChI=1S/C34H48N2/c1-6-9-12-15-18-30-25-33(31-20-26(4)19-27(5)21-31)36(35)34(30)32-23-28(16-13-10-7-2)22-29(24-32)17-14-11-8-3/h19-25H,6-18H2,1-5H3.